The Labute approximate surface area is 215 Å². The van der Waals surface area contributed by atoms with Gasteiger partial charge in [0.1, 0.15) is 11.6 Å². The van der Waals surface area contributed by atoms with E-state index in [0.717, 1.165) is 5.56 Å². The largest absolute Gasteiger partial charge is 0.497 e. The lowest BCUT2D eigenvalue weighted by atomic mass is 10.1. The van der Waals surface area contributed by atoms with Crippen LogP contribution in [0, 0.1) is 6.92 Å². The monoisotopic (exact) mass is 505 g/mol. The first-order valence-electron chi connectivity index (χ1n) is 12.2. The van der Waals surface area contributed by atoms with Gasteiger partial charge in [-0.15, -0.1) is 5.11 Å². The Balaban J connectivity index is 1.35. The van der Waals surface area contributed by atoms with Crippen LogP contribution in [0.25, 0.3) is 0 Å². The summed E-state index contributed by atoms with van der Waals surface area (Å²) in [6.07, 6.45) is 0.494. The number of amides is 1. The second kappa shape index (κ2) is 13.3. The summed E-state index contributed by atoms with van der Waals surface area (Å²) in [7, 11) is 1.57. The molecular weight excluding hydrogens is 474 g/mol. The first-order chi connectivity index (χ1) is 18.1. The number of rotatable bonds is 10. The number of carbonyl (C=O) groups excluding carboxylic acids is 1. The maximum absolute atomic E-state index is 12.1. The maximum atomic E-state index is 12.1. The number of aryl methyl sites for hydroxylation is 2. The van der Waals surface area contributed by atoms with E-state index in [9.17, 15) is 4.79 Å². The Bertz CT molecular complexity index is 1220. The Morgan fingerprint density at radius 1 is 1.11 bits per heavy atom. The van der Waals surface area contributed by atoms with Gasteiger partial charge in [-0.1, -0.05) is 35.9 Å². The fraction of sp³-hybridized carbons (Fsp3) is 0.385. The fourth-order valence-corrected chi connectivity index (χ4v) is 3.70. The summed E-state index contributed by atoms with van der Waals surface area (Å²) in [5, 5.41) is 11.2. The van der Waals surface area contributed by atoms with Crippen LogP contribution in [0.4, 0.5) is 22.4 Å². The zero-order chi connectivity index (χ0) is 25.9. The van der Waals surface area contributed by atoms with Crippen molar-refractivity contribution in [1.29, 1.82) is 0 Å². The third kappa shape index (κ3) is 8.21. The van der Waals surface area contributed by atoms with Crippen molar-refractivity contribution in [2.24, 2.45) is 10.2 Å². The number of azo groups is 1. The van der Waals surface area contributed by atoms with E-state index in [1.165, 1.54) is 5.56 Å². The summed E-state index contributed by atoms with van der Waals surface area (Å²) in [5.41, 5.74) is 2.83. The highest BCUT2D eigenvalue weighted by Gasteiger charge is 2.17. The highest BCUT2D eigenvalue weighted by molar-refractivity contribution is 5.84. The molecule has 1 amide bonds. The quantitative estimate of drug-likeness (QED) is 0.316. The number of benzene rings is 2. The molecule has 1 saturated heterocycles. The lowest BCUT2D eigenvalue weighted by Crippen LogP contribution is -2.37. The van der Waals surface area contributed by atoms with Gasteiger partial charge in [0.2, 0.25) is 5.95 Å². The summed E-state index contributed by atoms with van der Waals surface area (Å²) in [6, 6.07) is 15.2. The van der Waals surface area contributed by atoms with Crippen molar-refractivity contribution in [3.8, 4) is 5.75 Å². The SMILES string of the molecule is COc1cccc(NC(=O)OCCCc2nc(N=NCc3cccc(C)c3)nc(N3CCOCC3)n2)c1. The molecule has 0 aliphatic carbocycles. The van der Waals surface area contributed by atoms with Gasteiger partial charge in [0.05, 0.1) is 33.5 Å². The summed E-state index contributed by atoms with van der Waals surface area (Å²) in [4.78, 5) is 27.8. The number of hydrogen-bond donors (Lipinski definition) is 1. The molecular formula is C26H31N7O4. The minimum Gasteiger partial charge on any atom is -0.497 e. The topological polar surface area (TPSA) is 123 Å². The van der Waals surface area contributed by atoms with Gasteiger partial charge in [-0.25, -0.2) is 4.79 Å². The van der Waals surface area contributed by atoms with E-state index in [1.807, 2.05) is 30.0 Å². The van der Waals surface area contributed by atoms with Gasteiger partial charge in [-0.05, 0) is 31.0 Å². The molecule has 2 aromatic carbocycles. The number of nitrogens with zero attached hydrogens (tertiary/aromatic N) is 6. The van der Waals surface area contributed by atoms with Crippen molar-refractivity contribution in [3.63, 3.8) is 0 Å². The Morgan fingerprint density at radius 2 is 1.95 bits per heavy atom. The average molecular weight is 506 g/mol. The molecule has 11 nitrogen and oxygen atoms in total. The zero-order valence-corrected chi connectivity index (χ0v) is 21.1. The molecule has 3 aromatic rings. The summed E-state index contributed by atoms with van der Waals surface area (Å²) in [6.45, 7) is 5.29. The Morgan fingerprint density at radius 3 is 2.76 bits per heavy atom. The number of hydrogen-bond acceptors (Lipinski definition) is 10. The van der Waals surface area contributed by atoms with Crippen LogP contribution in [-0.2, 0) is 22.4 Å². The average Bonchev–Trinajstić information content (AvgIpc) is 2.92. The normalized spacial score (nSPS) is 13.5. The second-order valence-corrected chi connectivity index (χ2v) is 8.44. The van der Waals surface area contributed by atoms with Crippen LogP contribution < -0.4 is 15.0 Å². The van der Waals surface area contributed by atoms with Gasteiger partial charge >= 0.3 is 6.09 Å². The van der Waals surface area contributed by atoms with Gasteiger partial charge in [0, 0.05) is 31.3 Å². The number of anilines is 2. The molecule has 0 bridgehead atoms. The van der Waals surface area contributed by atoms with E-state index in [2.05, 4.69) is 36.6 Å². The third-order valence-corrected chi connectivity index (χ3v) is 5.54. The van der Waals surface area contributed by atoms with Crippen molar-refractivity contribution in [3.05, 3.63) is 65.5 Å². The predicted octanol–water partition coefficient (Wildman–Crippen LogP) is 4.49. The molecule has 1 fully saturated rings. The van der Waals surface area contributed by atoms with E-state index in [1.54, 1.807) is 31.4 Å². The van der Waals surface area contributed by atoms with E-state index in [0.29, 0.717) is 68.9 Å². The minimum atomic E-state index is -0.538. The predicted molar refractivity (Wildman–Crippen MR) is 139 cm³/mol. The molecule has 1 aliphatic rings. The summed E-state index contributed by atoms with van der Waals surface area (Å²) < 4.78 is 15.9. The molecule has 0 spiro atoms. The smallest absolute Gasteiger partial charge is 0.411 e. The molecule has 4 rings (SSSR count). The molecule has 0 radical (unpaired) electrons. The highest BCUT2D eigenvalue weighted by Crippen LogP contribution is 2.18. The van der Waals surface area contributed by atoms with Crippen molar-refractivity contribution in [1.82, 2.24) is 15.0 Å². The lowest BCUT2D eigenvalue weighted by molar-refractivity contribution is 0.122. The first-order valence-corrected chi connectivity index (χ1v) is 12.2. The standard InChI is InChI=1S/C26H31N7O4/c1-19-6-3-7-20(16-19)18-27-32-24-29-23(30-25(31-24)33-11-14-36-15-12-33)10-5-13-37-26(34)28-21-8-4-9-22(17-21)35-2/h3-4,6-9,16-17H,5,10-15,18H2,1-2H3,(H,28,34). The van der Waals surface area contributed by atoms with Gasteiger partial charge in [0.25, 0.3) is 5.95 Å². The number of ether oxygens (including phenoxy) is 3. The highest BCUT2D eigenvalue weighted by atomic mass is 16.5. The zero-order valence-electron chi connectivity index (χ0n) is 21.1. The van der Waals surface area contributed by atoms with Crippen molar-refractivity contribution < 1.29 is 19.0 Å². The van der Waals surface area contributed by atoms with E-state index < -0.39 is 6.09 Å². The van der Waals surface area contributed by atoms with Gasteiger partial charge in [-0.2, -0.15) is 20.1 Å². The van der Waals surface area contributed by atoms with Crippen LogP contribution in [-0.4, -0.2) is 61.1 Å². The molecule has 1 aromatic heterocycles. The molecule has 2 heterocycles. The molecule has 0 saturated carbocycles. The third-order valence-electron chi connectivity index (χ3n) is 5.54. The van der Waals surface area contributed by atoms with Crippen LogP contribution in [0.5, 0.6) is 5.75 Å². The molecule has 194 valence electrons. The maximum Gasteiger partial charge on any atom is 0.411 e. The second-order valence-electron chi connectivity index (χ2n) is 8.44. The first kappa shape index (κ1) is 26.0. The van der Waals surface area contributed by atoms with Crippen molar-refractivity contribution in [2.45, 2.75) is 26.3 Å². The molecule has 11 heteroatoms. The van der Waals surface area contributed by atoms with Crippen LogP contribution >= 0.6 is 0 Å². The molecule has 0 atom stereocenters. The van der Waals surface area contributed by atoms with Crippen LogP contribution in [0.15, 0.2) is 58.8 Å². The van der Waals surface area contributed by atoms with Gasteiger partial charge < -0.3 is 19.1 Å². The van der Waals surface area contributed by atoms with Crippen LogP contribution in [0.1, 0.15) is 23.4 Å². The number of morpholine rings is 1. The van der Waals surface area contributed by atoms with Crippen LogP contribution in [0.3, 0.4) is 0 Å². The van der Waals surface area contributed by atoms with Crippen molar-refractivity contribution in [2.75, 3.05) is 50.2 Å². The lowest BCUT2D eigenvalue weighted by Gasteiger charge is -2.26. The summed E-state index contributed by atoms with van der Waals surface area (Å²) >= 11 is 0. The number of aromatic nitrogens is 3. The number of nitrogens with one attached hydrogen (secondary N) is 1. The van der Waals surface area contributed by atoms with E-state index >= 15 is 0 Å². The van der Waals surface area contributed by atoms with E-state index in [4.69, 9.17) is 14.2 Å². The molecule has 1 N–H and O–H groups in total. The fourth-order valence-electron chi connectivity index (χ4n) is 3.70. The minimum absolute atomic E-state index is 0.207. The number of methoxy groups -OCH3 is 1. The van der Waals surface area contributed by atoms with Gasteiger partial charge in [0.15, 0.2) is 0 Å². The Hall–Kier alpha value is -4.12. The van der Waals surface area contributed by atoms with Crippen molar-refractivity contribution >= 4 is 23.7 Å². The molecule has 37 heavy (non-hydrogen) atoms. The summed E-state index contributed by atoms with van der Waals surface area (Å²) in [5.74, 6) is 2.03. The van der Waals surface area contributed by atoms with Gasteiger partial charge in [-0.3, -0.25) is 5.32 Å². The number of carbonyl (C=O) groups is 1. The molecule has 0 unspecified atom stereocenters. The molecule has 1 aliphatic heterocycles. The van der Waals surface area contributed by atoms with E-state index in [-0.39, 0.29) is 12.6 Å². The van der Waals surface area contributed by atoms with Crippen LogP contribution in [0.2, 0.25) is 0 Å². The Kier molecular flexibility index (Phi) is 9.30.